The number of nitrogens with one attached hydrogen (secondary N) is 2. The summed E-state index contributed by atoms with van der Waals surface area (Å²) in [6.45, 7) is 6.67. The van der Waals surface area contributed by atoms with Gasteiger partial charge in [-0.3, -0.25) is 9.59 Å². The Morgan fingerprint density at radius 3 is 2.70 bits per heavy atom. The van der Waals surface area contributed by atoms with Crippen LogP contribution in [0.1, 0.15) is 52.9 Å². The molecule has 1 amide bonds. The number of allylic oxidation sites excluding steroid dienone is 1. The molecule has 2 N–H and O–H groups in total. The van der Waals surface area contributed by atoms with Gasteiger partial charge in [0, 0.05) is 23.7 Å². The maximum Gasteiger partial charge on any atom is 0.239 e. The highest BCUT2D eigenvalue weighted by molar-refractivity contribution is 6.01. The summed E-state index contributed by atoms with van der Waals surface area (Å²) in [7, 11) is 0. The molecule has 2 aliphatic carbocycles. The van der Waals surface area contributed by atoms with Crippen molar-refractivity contribution in [1.82, 2.24) is 5.32 Å². The average Bonchev–Trinajstić information content (AvgIpc) is 3.40. The molecule has 1 aromatic carbocycles. The van der Waals surface area contributed by atoms with E-state index in [-0.39, 0.29) is 29.7 Å². The summed E-state index contributed by atoms with van der Waals surface area (Å²) in [5.74, 6) is 0.249. The molecule has 5 nitrogen and oxygen atoms in total. The van der Waals surface area contributed by atoms with Crippen molar-refractivity contribution in [2.75, 3.05) is 16.8 Å². The first-order valence-corrected chi connectivity index (χ1v) is 10.1. The van der Waals surface area contributed by atoms with Gasteiger partial charge in [-0.25, -0.2) is 0 Å². The Hall–Kier alpha value is -2.30. The number of Topliss-reactive ketones (excluding diaryl/α,β-unsaturated/α-hetero) is 1. The molecule has 1 unspecified atom stereocenters. The Kier molecular flexibility index (Phi) is 4.49. The molecule has 5 heteroatoms. The van der Waals surface area contributed by atoms with Crippen molar-refractivity contribution in [2.45, 2.75) is 65.0 Å². The molecule has 0 aromatic heterocycles. The first kappa shape index (κ1) is 18.1. The van der Waals surface area contributed by atoms with Crippen LogP contribution in [0.3, 0.4) is 0 Å². The highest BCUT2D eigenvalue weighted by Crippen LogP contribution is 2.44. The zero-order valence-corrected chi connectivity index (χ0v) is 16.5. The zero-order chi connectivity index (χ0) is 19.2. The SMILES string of the molecule is CCC1C2=C(CC(C)(C)CC2=O)Nc2ccccc2N1CC(=O)NC1CC1. The van der Waals surface area contributed by atoms with Crippen LogP contribution in [0.15, 0.2) is 35.5 Å². The van der Waals surface area contributed by atoms with Gasteiger partial charge in [0.05, 0.1) is 24.0 Å². The van der Waals surface area contributed by atoms with Crippen LogP contribution in [0.2, 0.25) is 0 Å². The summed E-state index contributed by atoms with van der Waals surface area (Å²) >= 11 is 0. The number of nitrogens with zero attached hydrogens (tertiary/aromatic N) is 1. The van der Waals surface area contributed by atoms with Crippen LogP contribution in [0.25, 0.3) is 0 Å². The lowest BCUT2D eigenvalue weighted by Crippen LogP contribution is -2.46. The van der Waals surface area contributed by atoms with Gasteiger partial charge >= 0.3 is 0 Å². The third-order valence-corrected chi connectivity index (χ3v) is 5.77. The van der Waals surface area contributed by atoms with Gasteiger partial charge in [-0.2, -0.15) is 0 Å². The molecule has 144 valence electrons. The molecule has 3 aliphatic rings. The predicted octanol–water partition coefficient (Wildman–Crippen LogP) is 3.62. The fourth-order valence-electron chi connectivity index (χ4n) is 4.42. The number of amides is 1. The van der Waals surface area contributed by atoms with Crippen LogP contribution in [0.5, 0.6) is 0 Å². The highest BCUT2D eigenvalue weighted by Gasteiger charge is 2.40. The molecular formula is C22H29N3O2. The van der Waals surface area contributed by atoms with Gasteiger partial charge in [0.1, 0.15) is 0 Å². The van der Waals surface area contributed by atoms with E-state index in [0.717, 1.165) is 48.3 Å². The van der Waals surface area contributed by atoms with E-state index in [1.165, 1.54) is 0 Å². The second-order valence-corrected chi connectivity index (χ2v) is 8.87. The summed E-state index contributed by atoms with van der Waals surface area (Å²) in [5.41, 5.74) is 3.82. The molecule has 1 atom stereocenters. The molecule has 1 aromatic rings. The Labute approximate surface area is 161 Å². The van der Waals surface area contributed by atoms with E-state index < -0.39 is 0 Å². The third kappa shape index (κ3) is 3.60. The predicted molar refractivity (Wildman–Crippen MR) is 108 cm³/mol. The molecule has 27 heavy (non-hydrogen) atoms. The number of anilines is 2. The number of rotatable bonds is 4. The van der Waals surface area contributed by atoms with E-state index in [2.05, 4.69) is 36.3 Å². The molecule has 0 saturated heterocycles. The Morgan fingerprint density at radius 1 is 1.26 bits per heavy atom. The Bertz CT molecular complexity index is 808. The maximum atomic E-state index is 13.1. The summed E-state index contributed by atoms with van der Waals surface area (Å²) in [5, 5.41) is 6.64. The van der Waals surface area contributed by atoms with Crippen molar-refractivity contribution < 1.29 is 9.59 Å². The Morgan fingerprint density at radius 2 is 2.00 bits per heavy atom. The highest BCUT2D eigenvalue weighted by atomic mass is 16.2. The van der Waals surface area contributed by atoms with Crippen LogP contribution < -0.4 is 15.5 Å². The minimum absolute atomic E-state index is 0.0402. The summed E-state index contributed by atoms with van der Waals surface area (Å²) in [4.78, 5) is 27.9. The molecule has 1 heterocycles. The number of ketones is 1. The van der Waals surface area contributed by atoms with Gasteiger partial charge < -0.3 is 15.5 Å². The van der Waals surface area contributed by atoms with E-state index in [1.807, 2.05) is 24.3 Å². The normalized spacial score (nSPS) is 23.9. The minimum atomic E-state index is -0.0790. The van der Waals surface area contributed by atoms with Gasteiger partial charge in [0.2, 0.25) is 5.91 Å². The van der Waals surface area contributed by atoms with Crippen LogP contribution in [0, 0.1) is 5.41 Å². The molecule has 4 rings (SSSR count). The van der Waals surface area contributed by atoms with E-state index in [9.17, 15) is 9.59 Å². The van der Waals surface area contributed by atoms with Crippen molar-refractivity contribution in [3.8, 4) is 0 Å². The topological polar surface area (TPSA) is 61.4 Å². The Balaban J connectivity index is 1.75. The van der Waals surface area contributed by atoms with Crippen LogP contribution in [-0.4, -0.2) is 30.3 Å². The van der Waals surface area contributed by atoms with Crippen LogP contribution >= 0.6 is 0 Å². The monoisotopic (exact) mass is 367 g/mol. The minimum Gasteiger partial charge on any atom is -0.357 e. The fourth-order valence-corrected chi connectivity index (χ4v) is 4.42. The van der Waals surface area contributed by atoms with Gasteiger partial charge in [0.15, 0.2) is 5.78 Å². The first-order valence-electron chi connectivity index (χ1n) is 10.1. The third-order valence-electron chi connectivity index (χ3n) is 5.77. The van der Waals surface area contributed by atoms with Crippen molar-refractivity contribution in [3.63, 3.8) is 0 Å². The molecule has 0 bridgehead atoms. The van der Waals surface area contributed by atoms with Gasteiger partial charge in [0.25, 0.3) is 0 Å². The molecule has 1 fully saturated rings. The van der Waals surface area contributed by atoms with E-state index in [0.29, 0.717) is 12.5 Å². The lowest BCUT2D eigenvalue weighted by molar-refractivity contribution is -0.120. The zero-order valence-electron chi connectivity index (χ0n) is 16.5. The number of para-hydroxylation sites is 2. The second-order valence-electron chi connectivity index (χ2n) is 8.87. The number of hydrogen-bond acceptors (Lipinski definition) is 4. The van der Waals surface area contributed by atoms with Crippen molar-refractivity contribution in [2.24, 2.45) is 5.41 Å². The molecular weight excluding hydrogens is 338 g/mol. The van der Waals surface area contributed by atoms with Crippen LogP contribution in [-0.2, 0) is 9.59 Å². The van der Waals surface area contributed by atoms with Crippen LogP contribution in [0.4, 0.5) is 11.4 Å². The maximum absolute atomic E-state index is 13.1. The second kappa shape index (κ2) is 6.70. The van der Waals surface area contributed by atoms with Crippen molar-refractivity contribution >= 4 is 23.1 Å². The van der Waals surface area contributed by atoms with E-state index >= 15 is 0 Å². The number of carbonyl (C=O) groups is 2. The smallest absolute Gasteiger partial charge is 0.239 e. The quantitative estimate of drug-likeness (QED) is 0.853. The summed E-state index contributed by atoms with van der Waals surface area (Å²) < 4.78 is 0. The van der Waals surface area contributed by atoms with Crippen molar-refractivity contribution in [3.05, 3.63) is 35.5 Å². The summed E-state index contributed by atoms with van der Waals surface area (Å²) in [6.07, 6.45) is 4.34. The first-order chi connectivity index (χ1) is 12.9. The van der Waals surface area contributed by atoms with Gasteiger partial charge in [-0.05, 0) is 43.2 Å². The molecule has 0 radical (unpaired) electrons. The lowest BCUT2D eigenvalue weighted by atomic mass is 9.74. The number of benzene rings is 1. The van der Waals surface area contributed by atoms with Gasteiger partial charge in [-0.1, -0.05) is 32.9 Å². The molecule has 1 aliphatic heterocycles. The number of hydrogen-bond donors (Lipinski definition) is 2. The fraction of sp³-hybridized carbons (Fsp3) is 0.545. The van der Waals surface area contributed by atoms with E-state index in [1.54, 1.807) is 0 Å². The van der Waals surface area contributed by atoms with E-state index in [4.69, 9.17) is 0 Å². The standard InChI is InChI=1S/C22H29N3O2/c1-4-17-21-16(11-22(2,3)12-19(21)26)24-15-7-5-6-8-18(15)25(17)13-20(27)23-14-9-10-14/h5-8,14,17,24H,4,9-13H2,1-3H3,(H,23,27). The van der Waals surface area contributed by atoms with Crippen molar-refractivity contribution in [1.29, 1.82) is 0 Å². The largest absolute Gasteiger partial charge is 0.357 e. The van der Waals surface area contributed by atoms with Gasteiger partial charge in [-0.15, -0.1) is 0 Å². The molecule has 1 saturated carbocycles. The summed E-state index contributed by atoms with van der Waals surface area (Å²) in [6, 6.07) is 8.33. The molecule has 0 spiro atoms. The lowest BCUT2D eigenvalue weighted by Gasteiger charge is -2.37. The number of carbonyl (C=O) groups excluding carboxylic acids is 2. The number of fused-ring (bicyclic) bond motifs is 1. The average molecular weight is 367 g/mol.